The number of hydrogen-bond donors (Lipinski definition) is 1. The minimum Gasteiger partial charge on any atom is -0.395 e. The van der Waals surface area contributed by atoms with Crippen molar-refractivity contribution in [3.05, 3.63) is 27.1 Å². The van der Waals surface area contributed by atoms with E-state index in [0.29, 0.717) is 11.5 Å². The van der Waals surface area contributed by atoms with Gasteiger partial charge in [-0.1, -0.05) is 11.3 Å². The van der Waals surface area contributed by atoms with E-state index >= 15 is 0 Å². The molecule has 1 aliphatic heterocycles. The van der Waals surface area contributed by atoms with E-state index in [-0.39, 0.29) is 18.2 Å². The van der Waals surface area contributed by atoms with Crippen LogP contribution in [0, 0.1) is 6.92 Å². The number of fused-ring (bicyclic) bond motifs is 1. The first-order valence-electron chi connectivity index (χ1n) is 6.38. The fraction of sp³-hybridized carbons (Fsp3) is 0.583. The lowest BCUT2D eigenvalue weighted by atomic mass is 10.2. The van der Waals surface area contributed by atoms with E-state index in [1.165, 1.54) is 21.9 Å². The molecule has 0 bridgehead atoms. The van der Waals surface area contributed by atoms with Gasteiger partial charge in [0, 0.05) is 17.8 Å². The second kappa shape index (κ2) is 4.99. The molecule has 1 N–H and O–H groups in total. The SMILES string of the molecule is Cc1cc(=O)n2nc(CN3CCC[C@H]3CO)sc2n1. The van der Waals surface area contributed by atoms with E-state index in [1.807, 2.05) is 6.92 Å². The lowest BCUT2D eigenvalue weighted by Crippen LogP contribution is -2.31. The molecule has 1 fully saturated rings. The maximum Gasteiger partial charge on any atom is 0.275 e. The van der Waals surface area contributed by atoms with E-state index in [4.69, 9.17) is 0 Å². The first-order chi connectivity index (χ1) is 9.17. The van der Waals surface area contributed by atoms with Crippen LogP contribution in [0.3, 0.4) is 0 Å². The van der Waals surface area contributed by atoms with Crippen molar-refractivity contribution in [1.29, 1.82) is 0 Å². The molecular formula is C12H16N4O2S. The molecule has 1 aliphatic rings. The molecule has 2 aromatic rings. The molecule has 0 saturated carbocycles. The van der Waals surface area contributed by atoms with Gasteiger partial charge in [-0.15, -0.1) is 0 Å². The Morgan fingerprint density at radius 3 is 3.21 bits per heavy atom. The second-order valence-electron chi connectivity index (χ2n) is 4.88. The van der Waals surface area contributed by atoms with E-state index in [1.54, 1.807) is 0 Å². The predicted octanol–water partition coefficient (Wildman–Crippen LogP) is 0.416. The Balaban J connectivity index is 1.89. The van der Waals surface area contributed by atoms with E-state index in [2.05, 4.69) is 15.0 Å². The molecule has 102 valence electrons. The van der Waals surface area contributed by atoms with Gasteiger partial charge in [0.15, 0.2) is 0 Å². The molecule has 0 spiro atoms. The highest BCUT2D eigenvalue weighted by Crippen LogP contribution is 2.21. The zero-order valence-electron chi connectivity index (χ0n) is 10.7. The number of rotatable bonds is 3. The average Bonchev–Trinajstić information content (AvgIpc) is 2.95. The summed E-state index contributed by atoms with van der Waals surface area (Å²) < 4.78 is 1.36. The molecule has 7 heteroatoms. The van der Waals surface area contributed by atoms with Crippen molar-refractivity contribution in [1.82, 2.24) is 19.5 Å². The molecule has 0 radical (unpaired) electrons. The van der Waals surface area contributed by atoms with Gasteiger partial charge in [-0.05, 0) is 26.3 Å². The van der Waals surface area contributed by atoms with Crippen molar-refractivity contribution in [2.45, 2.75) is 32.4 Å². The third-order valence-corrected chi connectivity index (χ3v) is 4.36. The molecule has 0 unspecified atom stereocenters. The monoisotopic (exact) mass is 280 g/mol. The fourth-order valence-corrected chi connectivity index (χ4v) is 3.48. The summed E-state index contributed by atoms with van der Waals surface area (Å²) in [6.07, 6.45) is 2.13. The third-order valence-electron chi connectivity index (χ3n) is 3.46. The van der Waals surface area contributed by atoms with Crippen LogP contribution in [-0.4, -0.2) is 43.8 Å². The van der Waals surface area contributed by atoms with Crippen molar-refractivity contribution in [3.8, 4) is 0 Å². The first-order valence-corrected chi connectivity index (χ1v) is 7.20. The minimum atomic E-state index is -0.134. The largest absolute Gasteiger partial charge is 0.395 e. The molecule has 0 aliphatic carbocycles. The number of likely N-dealkylation sites (tertiary alicyclic amines) is 1. The van der Waals surface area contributed by atoms with Crippen LogP contribution in [0.2, 0.25) is 0 Å². The van der Waals surface area contributed by atoms with Gasteiger partial charge in [-0.3, -0.25) is 9.69 Å². The molecule has 1 atom stereocenters. The number of aliphatic hydroxyl groups excluding tert-OH is 1. The summed E-state index contributed by atoms with van der Waals surface area (Å²) in [6, 6.07) is 1.71. The standard InChI is InChI=1S/C12H16N4O2S/c1-8-5-11(18)16-12(13-8)19-10(14-16)6-15-4-2-3-9(15)7-17/h5,9,17H,2-4,6-7H2,1H3/t9-/m0/s1. The molecule has 6 nitrogen and oxygen atoms in total. The van der Waals surface area contributed by atoms with E-state index in [0.717, 1.165) is 30.1 Å². The van der Waals surface area contributed by atoms with Crippen LogP contribution in [0.25, 0.3) is 4.96 Å². The number of nitrogens with zero attached hydrogens (tertiary/aromatic N) is 4. The topological polar surface area (TPSA) is 70.7 Å². The van der Waals surface area contributed by atoms with Crippen LogP contribution >= 0.6 is 11.3 Å². The molecule has 3 heterocycles. The van der Waals surface area contributed by atoms with Gasteiger partial charge < -0.3 is 5.11 Å². The molecule has 3 rings (SSSR count). The number of aliphatic hydroxyl groups is 1. The van der Waals surface area contributed by atoms with Gasteiger partial charge in [0.25, 0.3) is 5.56 Å². The summed E-state index contributed by atoms with van der Waals surface area (Å²) in [7, 11) is 0. The van der Waals surface area contributed by atoms with Gasteiger partial charge in [0.2, 0.25) is 4.96 Å². The zero-order chi connectivity index (χ0) is 13.4. The Morgan fingerprint density at radius 1 is 1.58 bits per heavy atom. The van der Waals surface area contributed by atoms with Crippen LogP contribution in [0.15, 0.2) is 10.9 Å². The molecular weight excluding hydrogens is 264 g/mol. The molecule has 1 saturated heterocycles. The fourth-order valence-electron chi connectivity index (χ4n) is 2.51. The summed E-state index contributed by atoms with van der Waals surface area (Å²) in [5.41, 5.74) is 0.583. The Labute approximate surface area is 114 Å². The van der Waals surface area contributed by atoms with Crippen LogP contribution in [0.5, 0.6) is 0 Å². The Morgan fingerprint density at radius 2 is 2.42 bits per heavy atom. The maximum atomic E-state index is 11.8. The van der Waals surface area contributed by atoms with Gasteiger partial charge in [-0.2, -0.15) is 9.61 Å². The van der Waals surface area contributed by atoms with Crippen molar-refractivity contribution in [2.75, 3.05) is 13.2 Å². The molecule has 0 aromatic carbocycles. The molecule has 19 heavy (non-hydrogen) atoms. The lowest BCUT2D eigenvalue weighted by Gasteiger charge is -2.20. The Hall–Kier alpha value is -1.31. The predicted molar refractivity (Wildman–Crippen MR) is 72.4 cm³/mol. The average molecular weight is 280 g/mol. The Bertz CT molecular complexity index is 651. The van der Waals surface area contributed by atoms with Gasteiger partial charge in [-0.25, -0.2) is 4.98 Å². The van der Waals surface area contributed by atoms with Gasteiger partial charge in [0.1, 0.15) is 5.01 Å². The van der Waals surface area contributed by atoms with Gasteiger partial charge in [0.05, 0.1) is 13.2 Å². The van der Waals surface area contributed by atoms with Crippen molar-refractivity contribution in [2.24, 2.45) is 0 Å². The maximum absolute atomic E-state index is 11.8. The van der Waals surface area contributed by atoms with Crippen molar-refractivity contribution in [3.63, 3.8) is 0 Å². The quantitative estimate of drug-likeness (QED) is 0.882. The highest BCUT2D eigenvalue weighted by Gasteiger charge is 2.24. The zero-order valence-corrected chi connectivity index (χ0v) is 11.6. The van der Waals surface area contributed by atoms with Crippen LogP contribution in [0.4, 0.5) is 0 Å². The summed E-state index contributed by atoms with van der Waals surface area (Å²) in [4.78, 5) is 19.0. The van der Waals surface area contributed by atoms with Crippen molar-refractivity contribution >= 4 is 16.3 Å². The van der Waals surface area contributed by atoms with Crippen LogP contribution in [-0.2, 0) is 6.54 Å². The number of aromatic nitrogens is 3. The highest BCUT2D eigenvalue weighted by molar-refractivity contribution is 7.16. The molecule has 0 amide bonds. The van der Waals surface area contributed by atoms with E-state index in [9.17, 15) is 9.90 Å². The molecule has 2 aromatic heterocycles. The van der Waals surface area contributed by atoms with Crippen LogP contribution < -0.4 is 5.56 Å². The lowest BCUT2D eigenvalue weighted by molar-refractivity contribution is 0.153. The number of hydrogen-bond acceptors (Lipinski definition) is 6. The summed E-state index contributed by atoms with van der Waals surface area (Å²) in [5.74, 6) is 0. The van der Waals surface area contributed by atoms with E-state index < -0.39 is 0 Å². The summed E-state index contributed by atoms with van der Waals surface area (Å²) >= 11 is 1.44. The van der Waals surface area contributed by atoms with Crippen molar-refractivity contribution < 1.29 is 5.11 Å². The first kappa shape index (κ1) is 12.7. The highest BCUT2D eigenvalue weighted by atomic mass is 32.1. The normalized spacial score (nSPS) is 20.4. The Kier molecular flexibility index (Phi) is 3.34. The minimum absolute atomic E-state index is 0.134. The second-order valence-corrected chi connectivity index (χ2v) is 5.92. The number of aryl methyl sites for hydroxylation is 1. The van der Waals surface area contributed by atoms with Crippen LogP contribution in [0.1, 0.15) is 23.5 Å². The smallest absolute Gasteiger partial charge is 0.275 e. The van der Waals surface area contributed by atoms with Gasteiger partial charge >= 0.3 is 0 Å². The third kappa shape index (κ3) is 2.41. The summed E-state index contributed by atoms with van der Waals surface area (Å²) in [6.45, 7) is 3.64. The summed E-state index contributed by atoms with van der Waals surface area (Å²) in [5, 5.41) is 14.5.